The summed E-state index contributed by atoms with van der Waals surface area (Å²) < 4.78 is 0. The molecule has 0 aromatic heterocycles. The number of carbonyl (C=O) groups is 2. The van der Waals surface area contributed by atoms with Crippen molar-refractivity contribution in [1.82, 2.24) is 0 Å². The van der Waals surface area contributed by atoms with Crippen LogP contribution in [0.3, 0.4) is 0 Å². The van der Waals surface area contributed by atoms with Crippen LogP contribution in [-0.2, 0) is 11.2 Å². The number of aryl methyl sites for hydroxylation is 1. The third-order valence-corrected chi connectivity index (χ3v) is 3.22. The summed E-state index contributed by atoms with van der Waals surface area (Å²) >= 11 is 0. The molecule has 0 radical (unpaired) electrons. The SMILES string of the molecule is CCc1cc(C(=O)O)c2c(c1)C(CC)C(=O)N2. The maximum absolute atomic E-state index is 11.7. The van der Waals surface area contributed by atoms with Crippen LogP contribution in [0.1, 0.15) is 47.7 Å². The first-order valence-corrected chi connectivity index (χ1v) is 5.79. The predicted molar refractivity (Wildman–Crippen MR) is 64.4 cm³/mol. The number of anilines is 1. The molecule has 0 aliphatic carbocycles. The molecule has 0 bridgehead atoms. The molecule has 0 saturated carbocycles. The third-order valence-electron chi connectivity index (χ3n) is 3.22. The monoisotopic (exact) mass is 233 g/mol. The number of amides is 1. The second-order valence-electron chi connectivity index (χ2n) is 4.22. The molecule has 17 heavy (non-hydrogen) atoms. The molecule has 0 spiro atoms. The first-order valence-electron chi connectivity index (χ1n) is 5.79. The quantitative estimate of drug-likeness (QED) is 0.842. The lowest BCUT2D eigenvalue weighted by Gasteiger charge is -2.09. The lowest BCUT2D eigenvalue weighted by Crippen LogP contribution is -2.11. The van der Waals surface area contributed by atoms with Gasteiger partial charge in [-0.2, -0.15) is 0 Å². The van der Waals surface area contributed by atoms with Crippen LogP contribution in [0.5, 0.6) is 0 Å². The van der Waals surface area contributed by atoms with E-state index in [4.69, 9.17) is 5.11 Å². The van der Waals surface area contributed by atoms with Crippen LogP contribution in [0.2, 0.25) is 0 Å². The summed E-state index contributed by atoms with van der Waals surface area (Å²) in [4.78, 5) is 22.9. The van der Waals surface area contributed by atoms with Crippen LogP contribution in [0, 0.1) is 0 Å². The zero-order chi connectivity index (χ0) is 12.6. The number of hydrogen-bond donors (Lipinski definition) is 2. The summed E-state index contributed by atoms with van der Waals surface area (Å²) in [6.07, 6.45) is 1.45. The minimum atomic E-state index is -0.992. The summed E-state index contributed by atoms with van der Waals surface area (Å²) in [5.74, 6) is -1.30. The van der Waals surface area contributed by atoms with Crippen molar-refractivity contribution < 1.29 is 14.7 Å². The van der Waals surface area contributed by atoms with Crippen molar-refractivity contribution >= 4 is 17.6 Å². The van der Waals surface area contributed by atoms with Gasteiger partial charge in [0.1, 0.15) is 0 Å². The van der Waals surface area contributed by atoms with Crippen LogP contribution in [0.15, 0.2) is 12.1 Å². The fourth-order valence-electron chi connectivity index (χ4n) is 2.27. The van der Waals surface area contributed by atoms with Crippen molar-refractivity contribution in [2.24, 2.45) is 0 Å². The molecule has 90 valence electrons. The standard InChI is InChI=1S/C13H15NO3/c1-3-7-5-9-8(4-2)12(15)14-11(9)10(6-7)13(16)17/h5-6,8H,3-4H2,1-2H3,(H,14,15)(H,16,17). The van der Waals surface area contributed by atoms with E-state index < -0.39 is 5.97 Å². The summed E-state index contributed by atoms with van der Waals surface area (Å²) in [6, 6.07) is 3.58. The lowest BCUT2D eigenvalue weighted by molar-refractivity contribution is -0.117. The van der Waals surface area contributed by atoms with E-state index in [2.05, 4.69) is 5.32 Å². The lowest BCUT2D eigenvalue weighted by atomic mass is 9.93. The van der Waals surface area contributed by atoms with Gasteiger partial charge in [-0.15, -0.1) is 0 Å². The van der Waals surface area contributed by atoms with Crippen LogP contribution >= 0.6 is 0 Å². The molecular weight excluding hydrogens is 218 g/mol. The number of carboxylic acid groups (broad SMARTS) is 1. The molecule has 4 heteroatoms. The molecule has 4 nitrogen and oxygen atoms in total. The van der Waals surface area contributed by atoms with Crippen LogP contribution in [0.4, 0.5) is 5.69 Å². The highest BCUT2D eigenvalue weighted by molar-refractivity contribution is 6.09. The maximum Gasteiger partial charge on any atom is 0.337 e. The summed E-state index contributed by atoms with van der Waals surface area (Å²) in [6.45, 7) is 3.90. The number of hydrogen-bond acceptors (Lipinski definition) is 2. The fraction of sp³-hybridized carbons (Fsp3) is 0.385. The third kappa shape index (κ3) is 1.79. The minimum Gasteiger partial charge on any atom is -0.478 e. The van der Waals surface area contributed by atoms with Gasteiger partial charge in [0.15, 0.2) is 0 Å². The average molecular weight is 233 g/mol. The van der Waals surface area contributed by atoms with E-state index >= 15 is 0 Å². The van der Waals surface area contributed by atoms with Crippen molar-refractivity contribution in [3.8, 4) is 0 Å². The normalized spacial score (nSPS) is 17.8. The van der Waals surface area contributed by atoms with Gasteiger partial charge >= 0.3 is 5.97 Å². The van der Waals surface area contributed by atoms with E-state index in [1.807, 2.05) is 19.9 Å². The number of aromatic carboxylic acids is 1. The predicted octanol–water partition coefficient (Wildman–Crippen LogP) is 2.39. The van der Waals surface area contributed by atoms with E-state index in [1.165, 1.54) is 0 Å². The van der Waals surface area contributed by atoms with E-state index in [0.29, 0.717) is 12.1 Å². The smallest absolute Gasteiger partial charge is 0.337 e. The number of carbonyl (C=O) groups excluding carboxylic acids is 1. The molecule has 1 amide bonds. The molecular formula is C13H15NO3. The molecule has 2 N–H and O–H groups in total. The summed E-state index contributed by atoms with van der Waals surface area (Å²) in [7, 11) is 0. The van der Waals surface area contributed by atoms with Gasteiger partial charge in [-0.25, -0.2) is 4.79 Å². The van der Waals surface area contributed by atoms with E-state index in [0.717, 1.165) is 17.5 Å². The van der Waals surface area contributed by atoms with Crippen LogP contribution in [-0.4, -0.2) is 17.0 Å². The molecule has 1 heterocycles. The van der Waals surface area contributed by atoms with E-state index in [9.17, 15) is 9.59 Å². The average Bonchev–Trinajstić information content (AvgIpc) is 2.62. The molecule has 1 aromatic carbocycles. The second-order valence-corrected chi connectivity index (χ2v) is 4.22. The maximum atomic E-state index is 11.7. The highest BCUT2D eigenvalue weighted by Crippen LogP contribution is 2.38. The van der Waals surface area contributed by atoms with Crippen molar-refractivity contribution in [2.75, 3.05) is 5.32 Å². The molecule has 2 rings (SSSR count). The Labute approximate surface area is 99.6 Å². The highest BCUT2D eigenvalue weighted by atomic mass is 16.4. The van der Waals surface area contributed by atoms with Crippen LogP contribution < -0.4 is 5.32 Å². The Balaban J connectivity index is 2.63. The van der Waals surface area contributed by atoms with Crippen molar-refractivity contribution in [3.05, 3.63) is 28.8 Å². The number of fused-ring (bicyclic) bond motifs is 1. The molecule has 0 saturated heterocycles. The summed E-state index contributed by atoms with van der Waals surface area (Å²) in [5.41, 5.74) is 2.46. The second kappa shape index (κ2) is 4.20. The topological polar surface area (TPSA) is 66.4 Å². The molecule has 0 fully saturated rings. The van der Waals surface area contributed by atoms with Gasteiger partial charge in [-0.1, -0.05) is 19.9 Å². The van der Waals surface area contributed by atoms with E-state index in [1.54, 1.807) is 6.07 Å². The first-order chi connectivity index (χ1) is 8.08. The van der Waals surface area contributed by atoms with Crippen molar-refractivity contribution in [1.29, 1.82) is 0 Å². The van der Waals surface area contributed by atoms with Gasteiger partial charge in [0.25, 0.3) is 0 Å². The Morgan fingerprint density at radius 2 is 2.12 bits per heavy atom. The Morgan fingerprint density at radius 3 is 2.65 bits per heavy atom. The molecule has 1 atom stereocenters. The summed E-state index contributed by atoms with van der Waals surface area (Å²) in [5, 5.41) is 11.8. The molecule has 1 aliphatic heterocycles. The number of rotatable bonds is 3. The van der Waals surface area contributed by atoms with Gasteiger partial charge in [0.2, 0.25) is 5.91 Å². The van der Waals surface area contributed by atoms with E-state index in [-0.39, 0.29) is 17.4 Å². The molecule has 1 unspecified atom stereocenters. The van der Waals surface area contributed by atoms with Gasteiger partial charge < -0.3 is 10.4 Å². The van der Waals surface area contributed by atoms with Crippen molar-refractivity contribution in [3.63, 3.8) is 0 Å². The fourth-order valence-corrected chi connectivity index (χ4v) is 2.27. The van der Waals surface area contributed by atoms with Gasteiger partial charge in [0.05, 0.1) is 17.2 Å². The Bertz CT molecular complexity index is 494. The molecule has 1 aliphatic rings. The van der Waals surface area contributed by atoms with Gasteiger partial charge in [-0.3, -0.25) is 4.79 Å². The zero-order valence-electron chi connectivity index (χ0n) is 9.91. The Hall–Kier alpha value is -1.84. The van der Waals surface area contributed by atoms with Gasteiger partial charge in [0, 0.05) is 0 Å². The van der Waals surface area contributed by atoms with Crippen LogP contribution in [0.25, 0.3) is 0 Å². The minimum absolute atomic E-state index is 0.0988. The van der Waals surface area contributed by atoms with Gasteiger partial charge in [-0.05, 0) is 30.0 Å². The molecule has 1 aromatic rings. The zero-order valence-corrected chi connectivity index (χ0v) is 9.91. The number of benzene rings is 1. The number of carboxylic acids is 1. The highest BCUT2D eigenvalue weighted by Gasteiger charge is 2.32. The first kappa shape index (κ1) is 11.6. The largest absolute Gasteiger partial charge is 0.478 e. The van der Waals surface area contributed by atoms with Crippen molar-refractivity contribution in [2.45, 2.75) is 32.6 Å². The Kier molecular flexibility index (Phi) is 2.88. The number of nitrogens with one attached hydrogen (secondary N) is 1. The Morgan fingerprint density at radius 1 is 1.41 bits per heavy atom.